The highest BCUT2D eigenvalue weighted by Crippen LogP contribution is 2.31. The minimum absolute atomic E-state index is 0.0864. The van der Waals surface area contributed by atoms with E-state index in [9.17, 15) is 19.2 Å². The zero-order valence-corrected chi connectivity index (χ0v) is 24.9. The second-order valence-electron chi connectivity index (χ2n) is 9.97. The third-order valence-corrected chi connectivity index (χ3v) is 5.74. The summed E-state index contributed by atoms with van der Waals surface area (Å²) in [7, 11) is 1.19. The van der Waals surface area contributed by atoms with Crippen molar-refractivity contribution in [3.05, 3.63) is 23.8 Å². The second kappa shape index (κ2) is 19.5. The Labute approximate surface area is 242 Å². The Morgan fingerprint density at radius 3 is 1.88 bits per heavy atom. The van der Waals surface area contributed by atoms with Gasteiger partial charge in [-0.15, -0.1) is 0 Å². The van der Waals surface area contributed by atoms with Gasteiger partial charge in [-0.1, -0.05) is 59.4 Å². The molecule has 0 aliphatic heterocycles. The first kappa shape index (κ1) is 35.5. The van der Waals surface area contributed by atoms with E-state index in [0.29, 0.717) is 18.4 Å². The highest BCUT2D eigenvalue weighted by atomic mass is 16.7. The van der Waals surface area contributed by atoms with Crippen molar-refractivity contribution in [3.8, 4) is 11.5 Å². The second-order valence-corrected chi connectivity index (χ2v) is 9.97. The van der Waals surface area contributed by atoms with Crippen molar-refractivity contribution in [1.82, 2.24) is 0 Å². The maximum atomic E-state index is 12.6. The van der Waals surface area contributed by atoms with Gasteiger partial charge >= 0.3 is 24.4 Å². The molecule has 0 spiro atoms. The highest BCUT2D eigenvalue weighted by molar-refractivity contribution is 5.81. The zero-order valence-electron chi connectivity index (χ0n) is 24.9. The molecular weight excluding hydrogens is 538 g/mol. The topological polar surface area (TPSA) is 159 Å². The molecule has 1 aromatic carbocycles. The molecule has 0 amide bonds. The van der Waals surface area contributed by atoms with Crippen LogP contribution in [0.3, 0.4) is 0 Å². The van der Waals surface area contributed by atoms with Gasteiger partial charge in [-0.25, -0.2) is 14.4 Å². The third-order valence-electron chi connectivity index (χ3n) is 5.74. The lowest BCUT2D eigenvalue weighted by Crippen LogP contribution is -2.51. The first-order valence-corrected chi connectivity index (χ1v) is 14.0. The van der Waals surface area contributed by atoms with Crippen molar-refractivity contribution in [1.29, 1.82) is 0 Å². The number of hydrogen-bond acceptors (Lipinski definition) is 12. The van der Waals surface area contributed by atoms with E-state index < -0.39 is 30.0 Å². The molecule has 0 fully saturated rings. The summed E-state index contributed by atoms with van der Waals surface area (Å²) in [6.45, 7) is 8.13. The standard InChI is InChI=1S/C29H45NO11/c1-6-8-10-15-36-27(33)40-23-13-12-22(18-24(23)41-28(34)37-16-11-9-7-2)19-29(30,25(31)35-5)14-17-38-26(32)39-20-21(3)4/h12-13,18,21H,6-11,14-17,19-20,30H2,1-5H3/t29-/m1/s1. The number of carbonyl (C=O) groups is 4. The van der Waals surface area contributed by atoms with Gasteiger partial charge in [-0.3, -0.25) is 4.79 Å². The molecule has 1 aromatic rings. The molecule has 2 N–H and O–H groups in total. The summed E-state index contributed by atoms with van der Waals surface area (Å²) < 4.78 is 35.7. The average Bonchev–Trinajstić information content (AvgIpc) is 2.93. The van der Waals surface area contributed by atoms with Gasteiger partial charge in [-0.05, 0) is 36.5 Å². The van der Waals surface area contributed by atoms with Gasteiger partial charge in [0.25, 0.3) is 0 Å². The maximum Gasteiger partial charge on any atom is 0.513 e. The largest absolute Gasteiger partial charge is 0.513 e. The Bertz CT molecular complexity index is 966. The van der Waals surface area contributed by atoms with Crippen LogP contribution in [-0.4, -0.2) is 63.5 Å². The van der Waals surface area contributed by atoms with E-state index in [2.05, 4.69) is 0 Å². The molecule has 0 aliphatic carbocycles. The number of ether oxygens (including phenoxy) is 7. The number of methoxy groups -OCH3 is 1. The molecule has 41 heavy (non-hydrogen) atoms. The predicted octanol–water partition coefficient (Wildman–Crippen LogP) is 5.71. The van der Waals surface area contributed by atoms with Crippen LogP contribution in [0.4, 0.5) is 14.4 Å². The summed E-state index contributed by atoms with van der Waals surface area (Å²) in [6, 6.07) is 4.33. The molecule has 1 rings (SSSR count). The van der Waals surface area contributed by atoms with Gasteiger partial charge in [0.05, 0.1) is 33.5 Å². The van der Waals surface area contributed by atoms with Crippen LogP contribution in [0.15, 0.2) is 18.2 Å². The van der Waals surface area contributed by atoms with Crippen LogP contribution in [0.2, 0.25) is 0 Å². The SMILES string of the molecule is CCCCCOC(=O)Oc1ccc(C[C@](N)(CCOC(=O)OCC(C)C)C(=O)OC)cc1OC(=O)OCCCCC. The zero-order chi connectivity index (χ0) is 30.7. The highest BCUT2D eigenvalue weighted by Gasteiger charge is 2.36. The third kappa shape index (κ3) is 14.6. The molecule has 0 bridgehead atoms. The molecule has 0 heterocycles. The molecule has 12 nitrogen and oxygen atoms in total. The van der Waals surface area contributed by atoms with Gasteiger partial charge in [0.2, 0.25) is 0 Å². The first-order chi connectivity index (χ1) is 19.5. The van der Waals surface area contributed by atoms with E-state index in [1.165, 1.54) is 19.2 Å². The molecule has 0 saturated carbocycles. The average molecular weight is 584 g/mol. The Balaban J connectivity index is 3.06. The van der Waals surface area contributed by atoms with Crippen LogP contribution >= 0.6 is 0 Å². The molecular formula is C29H45NO11. The first-order valence-electron chi connectivity index (χ1n) is 14.0. The predicted molar refractivity (Wildman–Crippen MR) is 149 cm³/mol. The molecule has 0 unspecified atom stereocenters. The lowest BCUT2D eigenvalue weighted by atomic mass is 9.88. The van der Waals surface area contributed by atoms with Crippen molar-refractivity contribution >= 4 is 24.4 Å². The summed E-state index contributed by atoms with van der Waals surface area (Å²) >= 11 is 0. The minimum Gasteiger partial charge on any atom is -0.468 e. The number of unbranched alkanes of at least 4 members (excludes halogenated alkanes) is 4. The molecule has 0 aromatic heterocycles. The van der Waals surface area contributed by atoms with Crippen LogP contribution in [-0.2, 0) is 34.9 Å². The fraction of sp³-hybridized carbons (Fsp3) is 0.655. The van der Waals surface area contributed by atoms with E-state index in [0.717, 1.165) is 25.7 Å². The summed E-state index contributed by atoms with van der Waals surface area (Å²) in [5, 5.41) is 0. The Kier molecular flexibility index (Phi) is 16.9. The Morgan fingerprint density at radius 2 is 1.34 bits per heavy atom. The lowest BCUT2D eigenvalue weighted by molar-refractivity contribution is -0.147. The van der Waals surface area contributed by atoms with E-state index in [-0.39, 0.29) is 56.7 Å². The lowest BCUT2D eigenvalue weighted by Gasteiger charge is -2.26. The van der Waals surface area contributed by atoms with Crippen molar-refractivity contribution in [2.75, 3.05) is 33.5 Å². The summed E-state index contributed by atoms with van der Waals surface area (Å²) in [4.78, 5) is 49.0. The van der Waals surface area contributed by atoms with Crippen LogP contribution < -0.4 is 15.2 Å². The van der Waals surface area contributed by atoms with Crippen LogP contribution in [0, 0.1) is 5.92 Å². The van der Waals surface area contributed by atoms with Crippen LogP contribution in [0.5, 0.6) is 11.5 Å². The number of nitrogens with two attached hydrogens (primary N) is 1. The molecule has 0 aliphatic rings. The van der Waals surface area contributed by atoms with E-state index in [4.69, 9.17) is 38.9 Å². The van der Waals surface area contributed by atoms with Crippen molar-refractivity contribution in [2.45, 2.75) is 84.6 Å². The quantitative estimate of drug-likeness (QED) is 0.0972. The molecule has 232 valence electrons. The van der Waals surface area contributed by atoms with Gasteiger partial charge in [0.1, 0.15) is 5.54 Å². The Hall–Kier alpha value is -3.54. The van der Waals surface area contributed by atoms with E-state index >= 15 is 0 Å². The molecule has 0 saturated heterocycles. The fourth-order valence-corrected chi connectivity index (χ4v) is 3.50. The van der Waals surface area contributed by atoms with Crippen molar-refractivity contribution in [3.63, 3.8) is 0 Å². The summed E-state index contributed by atoms with van der Waals surface area (Å²) in [5.74, 6) is -0.831. The van der Waals surface area contributed by atoms with E-state index in [1.54, 1.807) is 6.07 Å². The number of esters is 1. The van der Waals surface area contributed by atoms with Crippen molar-refractivity contribution in [2.24, 2.45) is 11.7 Å². The Morgan fingerprint density at radius 1 is 0.780 bits per heavy atom. The summed E-state index contributed by atoms with van der Waals surface area (Å²) in [6.07, 6.45) is 2.04. The van der Waals surface area contributed by atoms with Crippen LogP contribution in [0.1, 0.15) is 78.2 Å². The van der Waals surface area contributed by atoms with E-state index in [1.807, 2.05) is 27.7 Å². The summed E-state index contributed by atoms with van der Waals surface area (Å²) in [5.41, 5.74) is 5.23. The molecule has 0 radical (unpaired) electrons. The number of hydrogen-bond donors (Lipinski definition) is 1. The molecule has 12 heteroatoms. The fourth-order valence-electron chi connectivity index (χ4n) is 3.50. The number of benzene rings is 1. The molecule has 1 atom stereocenters. The van der Waals surface area contributed by atoms with Crippen molar-refractivity contribution < 1.29 is 52.3 Å². The van der Waals surface area contributed by atoms with Gasteiger partial charge in [0, 0.05) is 12.8 Å². The number of carbonyl (C=O) groups excluding carboxylic acids is 4. The van der Waals surface area contributed by atoms with Gasteiger partial charge in [0.15, 0.2) is 11.5 Å². The smallest absolute Gasteiger partial charge is 0.468 e. The van der Waals surface area contributed by atoms with Gasteiger partial charge < -0.3 is 38.9 Å². The van der Waals surface area contributed by atoms with Crippen LogP contribution in [0.25, 0.3) is 0 Å². The minimum atomic E-state index is -1.61. The number of rotatable bonds is 18. The maximum absolute atomic E-state index is 12.6. The monoisotopic (exact) mass is 583 g/mol. The van der Waals surface area contributed by atoms with Gasteiger partial charge in [-0.2, -0.15) is 0 Å². The normalized spacial score (nSPS) is 12.2.